The molecule has 2 rings (SSSR count). The van der Waals surface area contributed by atoms with Crippen molar-refractivity contribution in [1.82, 2.24) is 10.6 Å². The van der Waals surface area contributed by atoms with E-state index >= 15 is 0 Å². The molecule has 1 unspecified atom stereocenters. The number of hydrogen-bond acceptors (Lipinski definition) is 4. The highest BCUT2D eigenvalue weighted by molar-refractivity contribution is 14.0. The summed E-state index contributed by atoms with van der Waals surface area (Å²) in [7, 11) is 3.48. The molecule has 7 heteroatoms. The third-order valence-corrected chi connectivity index (χ3v) is 3.96. The van der Waals surface area contributed by atoms with Crippen molar-refractivity contribution in [3.8, 4) is 5.75 Å². The molecule has 1 atom stereocenters. The minimum absolute atomic E-state index is 0. The van der Waals surface area contributed by atoms with Gasteiger partial charge >= 0.3 is 0 Å². The normalized spacial score (nSPS) is 17.0. The number of hydrogen-bond donors (Lipinski definition) is 2. The molecule has 1 aliphatic rings. The van der Waals surface area contributed by atoms with Crippen LogP contribution in [0.1, 0.15) is 18.4 Å². The Kier molecular flexibility index (Phi) is 11.6. The number of halogens is 1. The lowest BCUT2D eigenvalue weighted by Crippen LogP contribution is -2.39. The van der Waals surface area contributed by atoms with E-state index in [1.807, 2.05) is 18.2 Å². The molecule has 0 bridgehead atoms. The predicted molar refractivity (Wildman–Crippen MR) is 111 cm³/mol. The van der Waals surface area contributed by atoms with E-state index in [2.05, 4.69) is 21.7 Å². The first kappa shape index (κ1) is 22.0. The topological polar surface area (TPSA) is 64.1 Å². The Labute approximate surface area is 167 Å². The van der Waals surface area contributed by atoms with E-state index in [0.717, 1.165) is 63.9 Å². The zero-order valence-corrected chi connectivity index (χ0v) is 17.5. The quantitative estimate of drug-likeness (QED) is 0.255. The minimum atomic E-state index is 0. The minimum Gasteiger partial charge on any atom is -0.496 e. The van der Waals surface area contributed by atoms with Crippen LogP contribution in [0, 0.1) is 0 Å². The summed E-state index contributed by atoms with van der Waals surface area (Å²) in [6, 6.07) is 8.08. The zero-order valence-electron chi connectivity index (χ0n) is 15.1. The maximum Gasteiger partial charge on any atom is 0.190 e. The summed E-state index contributed by atoms with van der Waals surface area (Å²) in [5, 5.41) is 6.63. The van der Waals surface area contributed by atoms with Crippen molar-refractivity contribution in [1.29, 1.82) is 0 Å². The summed E-state index contributed by atoms with van der Waals surface area (Å²) in [6.45, 7) is 3.95. The van der Waals surface area contributed by atoms with Crippen LogP contribution in [0.3, 0.4) is 0 Å². The van der Waals surface area contributed by atoms with Crippen LogP contribution in [0.5, 0.6) is 5.75 Å². The molecular weight excluding hydrogens is 433 g/mol. The molecule has 1 aliphatic heterocycles. The van der Waals surface area contributed by atoms with Gasteiger partial charge in [0.1, 0.15) is 5.75 Å². The van der Waals surface area contributed by atoms with Gasteiger partial charge in [0.2, 0.25) is 0 Å². The first-order chi connectivity index (χ1) is 11.8. The SMILES string of the molecule is CN=C(NCCCOC1CCOC1)NCCc1ccccc1OC.I. The lowest BCUT2D eigenvalue weighted by atomic mass is 10.1. The van der Waals surface area contributed by atoms with Crippen LogP contribution in [0.2, 0.25) is 0 Å². The summed E-state index contributed by atoms with van der Waals surface area (Å²) < 4.78 is 16.4. The highest BCUT2D eigenvalue weighted by atomic mass is 127. The Morgan fingerprint density at radius 2 is 2.08 bits per heavy atom. The number of methoxy groups -OCH3 is 1. The summed E-state index contributed by atoms with van der Waals surface area (Å²) in [4.78, 5) is 4.24. The van der Waals surface area contributed by atoms with Gasteiger partial charge in [-0.1, -0.05) is 18.2 Å². The third-order valence-electron chi connectivity index (χ3n) is 3.96. The molecule has 0 aromatic heterocycles. The largest absolute Gasteiger partial charge is 0.496 e. The average molecular weight is 463 g/mol. The van der Waals surface area contributed by atoms with E-state index in [4.69, 9.17) is 14.2 Å². The zero-order chi connectivity index (χ0) is 17.0. The number of nitrogens with one attached hydrogen (secondary N) is 2. The number of guanidine groups is 1. The van der Waals surface area contributed by atoms with Crippen LogP contribution >= 0.6 is 24.0 Å². The van der Waals surface area contributed by atoms with Crippen molar-refractivity contribution in [2.45, 2.75) is 25.4 Å². The lowest BCUT2D eigenvalue weighted by molar-refractivity contribution is 0.0420. The van der Waals surface area contributed by atoms with Crippen molar-refractivity contribution in [3.63, 3.8) is 0 Å². The fraction of sp³-hybridized carbons (Fsp3) is 0.611. The number of para-hydroxylation sites is 1. The monoisotopic (exact) mass is 463 g/mol. The highest BCUT2D eigenvalue weighted by Gasteiger charge is 2.15. The second-order valence-electron chi connectivity index (χ2n) is 5.70. The van der Waals surface area contributed by atoms with Gasteiger partial charge < -0.3 is 24.8 Å². The maximum absolute atomic E-state index is 5.74. The number of aliphatic imine (C=N–C) groups is 1. The number of benzene rings is 1. The van der Waals surface area contributed by atoms with Crippen LogP contribution in [0.15, 0.2) is 29.3 Å². The molecule has 0 saturated carbocycles. The van der Waals surface area contributed by atoms with Crippen molar-refractivity contribution in [2.24, 2.45) is 4.99 Å². The molecule has 1 saturated heterocycles. The first-order valence-corrected chi connectivity index (χ1v) is 8.59. The van der Waals surface area contributed by atoms with Gasteiger partial charge in [0.05, 0.1) is 19.8 Å². The lowest BCUT2D eigenvalue weighted by Gasteiger charge is -2.14. The fourth-order valence-corrected chi connectivity index (χ4v) is 2.62. The van der Waals surface area contributed by atoms with Crippen LogP contribution in [-0.4, -0.2) is 59.1 Å². The molecule has 25 heavy (non-hydrogen) atoms. The summed E-state index contributed by atoms with van der Waals surface area (Å²) >= 11 is 0. The van der Waals surface area contributed by atoms with Gasteiger partial charge in [0, 0.05) is 33.4 Å². The van der Waals surface area contributed by atoms with Gasteiger partial charge in [-0.15, -0.1) is 24.0 Å². The molecule has 6 nitrogen and oxygen atoms in total. The van der Waals surface area contributed by atoms with Crippen molar-refractivity contribution in [2.75, 3.05) is 47.1 Å². The molecule has 0 aliphatic carbocycles. The molecule has 1 fully saturated rings. The predicted octanol–water partition coefficient (Wildman–Crippen LogP) is 2.22. The highest BCUT2D eigenvalue weighted by Crippen LogP contribution is 2.17. The molecule has 0 radical (unpaired) electrons. The summed E-state index contributed by atoms with van der Waals surface area (Å²) in [6.07, 6.45) is 3.13. The molecule has 0 spiro atoms. The number of ether oxygens (including phenoxy) is 3. The van der Waals surface area contributed by atoms with Crippen LogP contribution < -0.4 is 15.4 Å². The standard InChI is InChI=1S/C18H29N3O3.HI/c1-19-18(20-10-5-12-24-16-9-13-23-14-16)21-11-8-15-6-3-4-7-17(15)22-2;/h3-4,6-7,16H,5,8-14H2,1-2H3,(H2,19,20,21);1H. The van der Waals surface area contributed by atoms with Gasteiger partial charge in [-0.2, -0.15) is 0 Å². The molecule has 1 aromatic carbocycles. The number of nitrogens with zero attached hydrogens (tertiary/aromatic N) is 1. The first-order valence-electron chi connectivity index (χ1n) is 8.59. The van der Waals surface area contributed by atoms with E-state index in [0.29, 0.717) is 0 Å². The molecule has 0 amide bonds. The van der Waals surface area contributed by atoms with Gasteiger partial charge in [0.25, 0.3) is 0 Å². The second-order valence-corrected chi connectivity index (χ2v) is 5.70. The maximum atomic E-state index is 5.74. The van der Waals surface area contributed by atoms with Crippen LogP contribution in [0.4, 0.5) is 0 Å². The fourth-order valence-electron chi connectivity index (χ4n) is 2.62. The van der Waals surface area contributed by atoms with Crippen molar-refractivity contribution >= 4 is 29.9 Å². The van der Waals surface area contributed by atoms with E-state index < -0.39 is 0 Å². The Morgan fingerprint density at radius 1 is 1.28 bits per heavy atom. The second kappa shape index (κ2) is 13.2. The van der Waals surface area contributed by atoms with Crippen LogP contribution in [0.25, 0.3) is 0 Å². The Hall–Kier alpha value is -1.06. The van der Waals surface area contributed by atoms with Crippen LogP contribution in [-0.2, 0) is 15.9 Å². The Morgan fingerprint density at radius 3 is 2.80 bits per heavy atom. The molecule has 1 heterocycles. The van der Waals surface area contributed by atoms with Crippen molar-refractivity contribution in [3.05, 3.63) is 29.8 Å². The third kappa shape index (κ3) is 8.24. The molecular formula is C18H30IN3O3. The summed E-state index contributed by atoms with van der Waals surface area (Å²) in [5.41, 5.74) is 1.19. The number of rotatable bonds is 9. The van der Waals surface area contributed by atoms with Gasteiger partial charge in [-0.25, -0.2) is 0 Å². The Balaban J connectivity index is 0.00000312. The van der Waals surface area contributed by atoms with Crippen molar-refractivity contribution < 1.29 is 14.2 Å². The molecule has 142 valence electrons. The van der Waals surface area contributed by atoms with E-state index in [1.165, 1.54) is 5.56 Å². The summed E-state index contributed by atoms with van der Waals surface area (Å²) in [5.74, 6) is 1.74. The van der Waals surface area contributed by atoms with E-state index in [1.54, 1.807) is 14.2 Å². The molecule has 1 aromatic rings. The van der Waals surface area contributed by atoms with E-state index in [9.17, 15) is 0 Å². The van der Waals surface area contributed by atoms with Gasteiger partial charge in [-0.3, -0.25) is 4.99 Å². The Bertz CT molecular complexity index is 508. The average Bonchev–Trinajstić information content (AvgIpc) is 3.13. The smallest absolute Gasteiger partial charge is 0.190 e. The van der Waals surface area contributed by atoms with Gasteiger partial charge in [-0.05, 0) is 30.9 Å². The van der Waals surface area contributed by atoms with Gasteiger partial charge in [0.15, 0.2) is 5.96 Å². The van der Waals surface area contributed by atoms with E-state index in [-0.39, 0.29) is 30.1 Å². The molecule has 2 N–H and O–H groups in total.